The van der Waals surface area contributed by atoms with E-state index in [1.807, 2.05) is 0 Å². The highest BCUT2D eigenvalue weighted by Crippen LogP contribution is 2.01. The summed E-state index contributed by atoms with van der Waals surface area (Å²) in [6.45, 7) is 7.91. The minimum atomic E-state index is -3.69. The summed E-state index contributed by atoms with van der Waals surface area (Å²) in [7, 11) is -2.38. The molecule has 10 nitrogen and oxygen atoms in total. The predicted octanol–water partition coefficient (Wildman–Crippen LogP) is 0.363. The van der Waals surface area contributed by atoms with E-state index >= 15 is 0 Å². The zero-order valence-corrected chi connectivity index (χ0v) is 16.8. The van der Waals surface area contributed by atoms with Crippen LogP contribution in [0.25, 0.3) is 0 Å². The van der Waals surface area contributed by atoms with Crippen LogP contribution in [0.1, 0.15) is 20.8 Å². The first kappa shape index (κ1) is 28.2. The van der Waals surface area contributed by atoms with E-state index in [-0.39, 0.29) is 13.2 Å². The van der Waals surface area contributed by atoms with Gasteiger partial charge < -0.3 is 13.7 Å². The van der Waals surface area contributed by atoms with Crippen LogP contribution in [-0.2, 0) is 47.2 Å². The number of Topliss-reactive ketones (excluding diaryl/α,β-unsaturated/α-hetero) is 1. The lowest BCUT2D eigenvalue weighted by atomic mass is 10.5. The summed E-state index contributed by atoms with van der Waals surface area (Å²) < 4.78 is 52.6. The highest BCUT2D eigenvalue weighted by atomic mass is 35.7. The van der Waals surface area contributed by atoms with Crippen LogP contribution in [0.3, 0.4) is 0 Å². The van der Waals surface area contributed by atoms with E-state index in [0.29, 0.717) is 0 Å². The molecule has 0 spiro atoms. The van der Waals surface area contributed by atoms with Gasteiger partial charge in [-0.05, 0) is 20.4 Å². The molecule has 25 heavy (non-hydrogen) atoms. The van der Waals surface area contributed by atoms with Crippen LogP contribution in [0.5, 0.6) is 0 Å². The van der Waals surface area contributed by atoms with Crippen molar-refractivity contribution in [2.75, 3.05) is 25.7 Å². The first-order valence-electron chi connectivity index (χ1n) is 6.37. The molecule has 0 aromatic carbocycles. The molecule has 13 heteroatoms. The van der Waals surface area contributed by atoms with Crippen molar-refractivity contribution in [3.05, 3.63) is 12.3 Å². The van der Waals surface area contributed by atoms with E-state index in [4.69, 9.17) is 0 Å². The molecule has 0 rings (SSSR count). The average Bonchev–Trinajstić information content (AvgIpc) is 2.36. The van der Waals surface area contributed by atoms with Crippen molar-refractivity contribution < 1.29 is 44.9 Å². The average molecular weight is 425 g/mol. The van der Waals surface area contributed by atoms with Gasteiger partial charge in [-0.25, -0.2) is 18.0 Å². The number of ether oxygens (including phenoxy) is 2. The van der Waals surface area contributed by atoms with Crippen molar-refractivity contribution in [2.45, 2.75) is 20.8 Å². The summed E-state index contributed by atoms with van der Waals surface area (Å²) in [6.07, 6.45) is 1.74. The van der Waals surface area contributed by atoms with E-state index in [9.17, 15) is 31.2 Å². The Labute approximate surface area is 151 Å². The highest BCUT2D eigenvalue weighted by Gasteiger charge is 2.14. The second-order valence-corrected chi connectivity index (χ2v) is 8.51. The van der Waals surface area contributed by atoms with E-state index in [0.717, 1.165) is 12.5 Å². The monoisotopic (exact) mass is 424 g/mol. The molecule has 0 N–H and O–H groups in total. The lowest BCUT2D eigenvalue weighted by Crippen LogP contribution is -2.12. The van der Waals surface area contributed by atoms with E-state index in [1.54, 1.807) is 13.8 Å². The second-order valence-electron chi connectivity index (χ2n) is 3.89. The molecule has 0 bridgehead atoms. The Hall–Kier alpha value is -1.66. The number of ketones is 1. The Morgan fingerprint density at radius 3 is 1.44 bits per heavy atom. The molecule has 0 aromatic rings. The second kappa shape index (κ2) is 13.6. The number of halogens is 1. The first-order valence-corrected chi connectivity index (χ1v) is 10.9. The third-order valence-electron chi connectivity index (χ3n) is 1.32. The summed E-state index contributed by atoms with van der Waals surface area (Å²) in [5, 5.41) is 0. The Kier molecular flexibility index (Phi) is 15.3. The van der Waals surface area contributed by atoms with Gasteiger partial charge in [0.05, 0.1) is 25.7 Å². The van der Waals surface area contributed by atoms with Gasteiger partial charge in [0.15, 0.2) is 0 Å². The number of carbonyl (C=O) groups is 3. The van der Waals surface area contributed by atoms with Crippen LogP contribution in [0, 0.1) is 0 Å². The SMILES string of the molecule is C=C(OS(C)(=O)=O)C(=O)OCC.CCOC(=O)C(C)=O.CS(=O)(=O)Cl. The topological polar surface area (TPSA) is 147 Å². The third-order valence-corrected chi connectivity index (χ3v) is 1.82. The molecule has 0 heterocycles. The maximum absolute atomic E-state index is 10.7. The van der Waals surface area contributed by atoms with Crippen molar-refractivity contribution in [1.82, 2.24) is 0 Å². The van der Waals surface area contributed by atoms with Crippen molar-refractivity contribution in [3.8, 4) is 0 Å². The van der Waals surface area contributed by atoms with Crippen LogP contribution in [0.4, 0.5) is 0 Å². The standard InChI is InChI=1S/C6H10O5S.C5H8O3.CH3ClO2S/c1-4-10-6(7)5(2)11-12(3,8)9;1-3-8-5(7)4(2)6;1-5(2,3)4/h2,4H2,1,3H3;3H2,1-2H3;1H3. The van der Waals surface area contributed by atoms with E-state index < -0.39 is 42.6 Å². The van der Waals surface area contributed by atoms with Crippen molar-refractivity contribution >= 4 is 47.6 Å². The minimum absolute atomic E-state index is 0.144. The molecule has 0 radical (unpaired) electrons. The molecule has 0 atom stereocenters. The molecule has 0 fully saturated rings. The van der Waals surface area contributed by atoms with Gasteiger partial charge >= 0.3 is 22.1 Å². The number of hydrogen-bond acceptors (Lipinski definition) is 10. The number of carbonyl (C=O) groups excluding carboxylic acids is 3. The lowest BCUT2D eigenvalue weighted by molar-refractivity contribution is -0.152. The Bertz CT molecular complexity index is 656. The van der Waals surface area contributed by atoms with Crippen LogP contribution >= 0.6 is 10.7 Å². The molecular weight excluding hydrogens is 404 g/mol. The maximum atomic E-state index is 10.7. The van der Waals surface area contributed by atoms with Gasteiger partial charge in [0, 0.05) is 17.6 Å². The lowest BCUT2D eigenvalue weighted by Gasteiger charge is -2.04. The molecule has 148 valence electrons. The highest BCUT2D eigenvalue weighted by molar-refractivity contribution is 8.13. The van der Waals surface area contributed by atoms with Gasteiger partial charge in [-0.3, -0.25) is 4.79 Å². The van der Waals surface area contributed by atoms with Crippen molar-refractivity contribution in [3.63, 3.8) is 0 Å². The largest absolute Gasteiger partial charge is 0.460 e. The molecule has 0 aromatic heterocycles. The first-order chi connectivity index (χ1) is 11.0. The molecule has 0 saturated heterocycles. The number of hydrogen-bond donors (Lipinski definition) is 0. The van der Waals surface area contributed by atoms with Crippen molar-refractivity contribution in [2.24, 2.45) is 0 Å². The van der Waals surface area contributed by atoms with Crippen LogP contribution < -0.4 is 0 Å². The fourth-order valence-corrected chi connectivity index (χ4v) is 1.09. The molecule has 0 aliphatic heterocycles. The Balaban J connectivity index is -0.000000321. The van der Waals surface area contributed by atoms with Gasteiger partial charge in [-0.2, -0.15) is 8.42 Å². The Morgan fingerprint density at radius 2 is 1.24 bits per heavy atom. The normalized spacial score (nSPS) is 10.0. The van der Waals surface area contributed by atoms with Crippen molar-refractivity contribution in [1.29, 1.82) is 0 Å². The van der Waals surface area contributed by atoms with Crippen LogP contribution in [-0.4, -0.2) is 60.3 Å². The number of rotatable bonds is 6. The third kappa shape index (κ3) is 30.7. The summed E-state index contributed by atoms with van der Waals surface area (Å²) in [5.41, 5.74) is 0. The maximum Gasteiger partial charge on any atom is 0.374 e. The summed E-state index contributed by atoms with van der Waals surface area (Å²) in [5.74, 6) is -2.71. The van der Waals surface area contributed by atoms with Gasteiger partial charge in [0.2, 0.25) is 20.6 Å². The van der Waals surface area contributed by atoms with Gasteiger partial charge in [0.25, 0.3) is 0 Å². The fourth-order valence-electron chi connectivity index (χ4n) is 0.661. The smallest absolute Gasteiger partial charge is 0.374 e. The fraction of sp³-hybridized carbons (Fsp3) is 0.583. The number of esters is 2. The zero-order chi connectivity index (χ0) is 20.8. The van der Waals surface area contributed by atoms with E-state index in [2.05, 4.69) is 30.9 Å². The molecule has 0 amide bonds. The van der Waals surface area contributed by atoms with Gasteiger partial charge in [0.1, 0.15) is 0 Å². The van der Waals surface area contributed by atoms with Crippen LogP contribution in [0.2, 0.25) is 0 Å². The summed E-state index contributed by atoms with van der Waals surface area (Å²) in [4.78, 5) is 30.9. The Morgan fingerprint density at radius 1 is 0.920 bits per heavy atom. The van der Waals surface area contributed by atoms with Gasteiger partial charge in [-0.15, -0.1) is 0 Å². The van der Waals surface area contributed by atoms with E-state index in [1.165, 1.54) is 6.92 Å². The summed E-state index contributed by atoms with van der Waals surface area (Å²) in [6, 6.07) is 0. The minimum Gasteiger partial charge on any atom is -0.460 e. The molecule has 0 saturated carbocycles. The van der Waals surface area contributed by atoms with Crippen LogP contribution in [0.15, 0.2) is 12.3 Å². The molecular formula is C12H21ClO10S2. The molecule has 0 aliphatic carbocycles. The summed E-state index contributed by atoms with van der Waals surface area (Å²) >= 11 is 0. The van der Waals surface area contributed by atoms with Gasteiger partial charge in [-0.1, -0.05) is 0 Å². The molecule has 0 unspecified atom stereocenters. The quantitative estimate of drug-likeness (QED) is 0.146. The zero-order valence-electron chi connectivity index (χ0n) is 14.4. The predicted molar refractivity (Wildman–Crippen MR) is 89.7 cm³/mol. The molecule has 0 aliphatic rings.